The van der Waals surface area contributed by atoms with Crippen molar-refractivity contribution in [2.24, 2.45) is 5.73 Å². The van der Waals surface area contributed by atoms with E-state index in [0.717, 1.165) is 13.2 Å². The summed E-state index contributed by atoms with van der Waals surface area (Å²) in [6.07, 6.45) is -2.85. The third-order valence-corrected chi connectivity index (χ3v) is 1.90. The van der Waals surface area contributed by atoms with Crippen LogP contribution < -0.4 is 10.5 Å². The van der Waals surface area contributed by atoms with E-state index in [2.05, 4.69) is 9.72 Å². The Morgan fingerprint density at radius 3 is 2.69 bits per heavy atom. The van der Waals surface area contributed by atoms with E-state index >= 15 is 0 Å². The minimum atomic E-state index is -2.85. The molecule has 1 heterocycles. The average molecular weight is 233 g/mol. The van der Waals surface area contributed by atoms with Crippen LogP contribution in [0.1, 0.15) is 17.7 Å². The van der Waals surface area contributed by atoms with E-state index in [-0.39, 0.29) is 18.0 Å². The molecular weight excluding hydrogens is 224 g/mol. The highest BCUT2D eigenvalue weighted by atomic mass is 19.3. The highest BCUT2D eigenvalue weighted by molar-refractivity contribution is 5.43. The van der Waals surface area contributed by atoms with Gasteiger partial charge in [-0.05, 0) is 9.91 Å². The summed E-state index contributed by atoms with van der Waals surface area (Å²) >= 11 is 0. The van der Waals surface area contributed by atoms with E-state index < -0.39 is 22.7 Å². The molecule has 1 aromatic heterocycles. The summed E-state index contributed by atoms with van der Waals surface area (Å²) in [5, 5.41) is 10.5. The number of rotatable bonds is 4. The fourth-order valence-corrected chi connectivity index (χ4v) is 1.22. The number of ether oxygens (including phenoxy) is 1. The van der Waals surface area contributed by atoms with Crippen molar-refractivity contribution in [3.63, 3.8) is 0 Å². The molecule has 6 nitrogen and oxygen atoms in total. The number of methoxy groups -OCH3 is 1. The number of hydrogen-bond acceptors (Lipinski definition) is 5. The van der Waals surface area contributed by atoms with Crippen LogP contribution in [0.2, 0.25) is 0 Å². The highest BCUT2D eigenvalue weighted by Crippen LogP contribution is 2.33. The van der Waals surface area contributed by atoms with Gasteiger partial charge in [0, 0.05) is 0 Å². The molecule has 2 N–H and O–H groups in total. The van der Waals surface area contributed by atoms with Gasteiger partial charge >= 0.3 is 5.82 Å². The van der Waals surface area contributed by atoms with Gasteiger partial charge in [-0.2, -0.15) is 0 Å². The van der Waals surface area contributed by atoms with E-state index in [4.69, 9.17) is 5.73 Å². The Morgan fingerprint density at radius 2 is 2.31 bits per heavy atom. The molecule has 0 aromatic carbocycles. The van der Waals surface area contributed by atoms with Gasteiger partial charge in [-0.1, -0.05) is 0 Å². The van der Waals surface area contributed by atoms with Crippen molar-refractivity contribution in [2.75, 3.05) is 7.11 Å². The van der Waals surface area contributed by atoms with Crippen LogP contribution in [-0.4, -0.2) is 17.0 Å². The molecular formula is C8H9F2N3O3. The Hall–Kier alpha value is -1.83. The maximum Gasteiger partial charge on any atom is 0.367 e. The fourth-order valence-electron chi connectivity index (χ4n) is 1.22. The first-order valence-electron chi connectivity index (χ1n) is 4.21. The molecule has 0 radical (unpaired) electrons. The summed E-state index contributed by atoms with van der Waals surface area (Å²) in [5.74, 6) is -0.848. The third-order valence-electron chi connectivity index (χ3n) is 1.90. The van der Waals surface area contributed by atoms with Crippen LogP contribution in [0, 0.1) is 10.1 Å². The van der Waals surface area contributed by atoms with Crippen molar-refractivity contribution in [1.82, 2.24) is 4.98 Å². The second kappa shape index (κ2) is 4.79. The van der Waals surface area contributed by atoms with Crippen molar-refractivity contribution in [3.8, 4) is 5.75 Å². The molecule has 0 amide bonds. The second-order valence-corrected chi connectivity index (χ2v) is 2.81. The lowest BCUT2D eigenvalue weighted by Gasteiger charge is -2.08. The molecule has 0 aliphatic carbocycles. The zero-order valence-corrected chi connectivity index (χ0v) is 8.31. The predicted octanol–water partition coefficient (Wildman–Crippen LogP) is 1.39. The first-order valence-corrected chi connectivity index (χ1v) is 4.21. The van der Waals surface area contributed by atoms with Crippen molar-refractivity contribution in [2.45, 2.75) is 13.0 Å². The van der Waals surface area contributed by atoms with Crippen molar-refractivity contribution < 1.29 is 18.4 Å². The zero-order chi connectivity index (χ0) is 12.3. The lowest BCUT2D eigenvalue weighted by molar-refractivity contribution is -0.389. The number of pyridine rings is 1. The largest absolute Gasteiger partial charge is 0.496 e. The number of aromatic nitrogens is 1. The molecule has 0 fully saturated rings. The lowest BCUT2D eigenvalue weighted by atomic mass is 10.1. The predicted molar refractivity (Wildman–Crippen MR) is 50.3 cm³/mol. The summed E-state index contributed by atoms with van der Waals surface area (Å²) in [4.78, 5) is 13.1. The van der Waals surface area contributed by atoms with Crippen LogP contribution in [0.5, 0.6) is 5.75 Å². The van der Waals surface area contributed by atoms with Gasteiger partial charge < -0.3 is 20.6 Å². The highest BCUT2D eigenvalue weighted by Gasteiger charge is 2.26. The monoisotopic (exact) mass is 233 g/mol. The fraction of sp³-hybridized carbons (Fsp3) is 0.375. The van der Waals surface area contributed by atoms with E-state index in [1.807, 2.05) is 0 Å². The quantitative estimate of drug-likeness (QED) is 0.626. The molecule has 0 aliphatic rings. The number of alkyl halides is 2. The molecule has 0 atom stereocenters. The second-order valence-electron chi connectivity index (χ2n) is 2.81. The van der Waals surface area contributed by atoms with E-state index in [0.29, 0.717) is 0 Å². The van der Waals surface area contributed by atoms with E-state index in [1.165, 1.54) is 0 Å². The van der Waals surface area contributed by atoms with Crippen LogP contribution in [0.25, 0.3) is 0 Å². The van der Waals surface area contributed by atoms with Crippen LogP contribution in [-0.2, 0) is 6.54 Å². The topological polar surface area (TPSA) is 91.3 Å². The average Bonchev–Trinajstić information content (AvgIpc) is 2.26. The Morgan fingerprint density at radius 1 is 1.69 bits per heavy atom. The maximum atomic E-state index is 12.6. The summed E-state index contributed by atoms with van der Waals surface area (Å²) in [5.41, 5.74) is 4.47. The van der Waals surface area contributed by atoms with Gasteiger partial charge in [0.2, 0.25) is 0 Å². The van der Waals surface area contributed by atoms with Gasteiger partial charge in [-0.3, -0.25) is 0 Å². The molecule has 0 saturated heterocycles. The number of hydrogen-bond donors (Lipinski definition) is 1. The Balaban J connectivity index is 3.42. The maximum absolute atomic E-state index is 12.6. The number of halogens is 2. The molecule has 0 aliphatic heterocycles. The zero-order valence-electron chi connectivity index (χ0n) is 8.31. The van der Waals surface area contributed by atoms with Gasteiger partial charge in [-0.15, -0.1) is 0 Å². The molecule has 0 saturated carbocycles. The van der Waals surface area contributed by atoms with E-state index in [1.54, 1.807) is 0 Å². The van der Waals surface area contributed by atoms with Crippen LogP contribution in [0.15, 0.2) is 6.07 Å². The molecule has 0 bridgehead atoms. The van der Waals surface area contributed by atoms with Gasteiger partial charge in [0.1, 0.15) is 11.3 Å². The Bertz CT molecular complexity index is 387. The first-order chi connectivity index (χ1) is 7.51. The summed E-state index contributed by atoms with van der Waals surface area (Å²) in [6.45, 7) is -0.322. The van der Waals surface area contributed by atoms with Gasteiger partial charge in [0.15, 0.2) is 5.69 Å². The summed E-state index contributed by atoms with van der Waals surface area (Å²) in [7, 11) is 1.14. The van der Waals surface area contributed by atoms with Crippen molar-refractivity contribution >= 4 is 5.82 Å². The minimum absolute atomic E-state index is 0.235. The molecule has 16 heavy (non-hydrogen) atoms. The van der Waals surface area contributed by atoms with Crippen molar-refractivity contribution in [1.29, 1.82) is 0 Å². The Kier molecular flexibility index (Phi) is 3.67. The minimum Gasteiger partial charge on any atom is -0.496 e. The van der Waals surface area contributed by atoms with Crippen LogP contribution in [0.3, 0.4) is 0 Å². The van der Waals surface area contributed by atoms with Gasteiger partial charge in [0.05, 0.1) is 19.7 Å². The molecule has 0 unspecified atom stereocenters. The smallest absolute Gasteiger partial charge is 0.367 e. The lowest BCUT2D eigenvalue weighted by Crippen LogP contribution is -2.09. The molecule has 8 heteroatoms. The number of nitrogens with two attached hydrogens (primary N) is 1. The first kappa shape index (κ1) is 12.2. The molecule has 0 spiro atoms. The SMILES string of the molecule is COc1cc([N+](=O)[O-])nc(CN)c1C(F)F. The Labute approximate surface area is 89.2 Å². The molecule has 1 aromatic rings. The van der Waals surface area contributed by atoms with Crippen molar-refractivity contribution in [3.05, 3.63) is 27.4 Å². The molecule has 88 valence electrons. The van der Waals surface area contributed by atoms with E-state index in [9.17, 15) is 18.9 Å². The number of nitro groups is 1. The number of nitrogens with zero attached hydrogens (tertiary/aromatic N) is 2. The summed E-state index contributed by atoms with van der Waals surface area (Å²) < 4.78 is 30.0. The van der Waals surface area contributed by atoms with Gasteiger partial charge in [0.25, 0.3) is 6.43 Å². The summed E-state index contributed by atoms with van der Waals surface area (Å²) in [6, 6.07) is 0.848. The normalized spacial score (nSPS) is 10.6. The molecule has 1 rings (SSSR count). The third kappa shape index (κ3) is 2.22. The van der Waals surface area contributed by atoms with Gasteiger partial charge in [-0.25, -0.2) is 8.78 Å². The van der Waals surface area contributed by atoms with Crippen LogP contribution >= 0.6 is 0 Å². The standard InChI is InChI=1S/C8H9F2N3O3/c1-16-5-2-6(13(14)15)12-4(3-11)7(5)8(9)10/h2,8H,3,11H2,1H3. The van der Waals surface area contributed by atoms with Crippen LogP contribution in [0.4, 0.5) is 14.6 Å².